The molecule has 1 aromatic carbocycles. The lowest BCUT2D eigenvalue weighted by molar-refractivity contribution is 0.332. The molecule has 4 nitrogen and oxygen atoms in total. The third kappa shape index (κ3) is 3.58. The molecule has 0 radical (unpaired) electrons. The molecule has 0 saturated heterocycles. The van der Waals surface area contributed by atoms with Crippen LogP contribution in [0, 0.1) is 13.8 Å². The zero-order valence-electron chi connectivity index (χ0n) is 15.4. The SMILES string of the molecule is Cc1nc(SCc2coc(-c3ccccc3)n2)n(C2CCCCC2)c1C. The largest absolute Gasteiger partial charge is 0.444 e. The molecular weight excluding hydrogens is 342 g/mol. The van der Waals surface area contributed by atoms with E-state index in [0.29, 0.717) is 11.9 Å². The molecule has 0 aliphatic heterocycles. The number of aromatic nitrogens is 3. The minimum Gasteiger partial charge on any atom is -0.444 e. The fraction of sp³-hybridized carbons (Fsp3) is 0.429. The Labute approximate surface area is 159 Å². The molecule has 1 aliphatic rings. The normalized spacial score (nSPS) is 15.5. The van der Waals surface area contributed by atoms with Crippen molar-refractivity contribution in [2.45, 2.75) is 62.9 Å². The van der Waals surface area contributed by atoms with E-state index in [2.05, 4.69) is 23.4 Å². The van der Waals surface area contributed by atoms with Gasteiger partial charge in [-0.15, -0.1) is 0 Å². The van der Waals surface area contributed by atoms with Crippen LogP contribution >= 0.6 is 11.8 Å². The third-order valence-electron chi connectivity index (χ3n) is 5.22. The predicted molar refractivity (Wildman–Crippen MR) is 105 cm³/mol. The molecule has 1 saturated carbocycles. The maximum Gasteiger partial charge on any atom is 0.226 e. The smallest absolute Gasteiger partial charge is 0.226 e. The average Bonchev–Trinajstić information content (AvgIpc) is 3.26. The second-order valence-corrected chi connectivity index (χ2v) is 7.97. The highest BCUT2D eigenvalue weighted by Crippen LogP contribution is 2.35. The quantitative estimate of drug-likeness (QED) is 0.522. The molecule has 136 valence electrons. The van der Waals surface area contributed by atoms with Crippen molar-refractivity contribution in [3.05, 3.63) is 53.7 Å². The fourth-order valence-electron chi connectivity index (χ4n) is 3.69. The Morgan fingerprint density at radius 1 is 1.08 bits per heavy atom. The van der Waals surface area contributed by atoms with Gasteiger partial charge in [0.25, 0.3) is 0 Å². The van der Waals surface area contributed by atoms with Crippen LogP contribution in [0.4, 0.5) is 0 Å². The Morgan fingerprint density at radius 2 is 1.85 bits per heavy atom. The molecule has 1 aliphatic carbocycles. The Kier molecular flexibility index (Phi) is 5.16. The monoisotopic (exact) mass is 367 g/mol. The number of imidazole rings is 1. The first-order chi connectivity index (χ1) is 12.7. The molecule has 2 aromatic heterocycles. The van der Waals surface area contributed by atoms with Crippen molar-refractivity contribution in [3.8, 4) is 11.5 Å². The van der Waals surface area contributed by atoms with E-state index in [-0.39, 0.29) is 0 Å². The second kappa shape index (κ2) is 7.70. The topological polar surface area (TPSA) is 43.9 Å². The lowest BCUT2D eigenvalue weighted by Crippen LogP contribution is -2.15. The number of nitrogens with zero attached hydrogens (tertiary/aromatic N) is 3. The first-order valence-electron chi connectivity index (χ1n) is 9.40. The zero-order chi connectivity index (χ0) is 17.9. The van der Waals surface area contributed by atoms with Crippen molar-refractivity contribution in [1.29, 1.82) is 0 Å². The maximum absolute atomic E-state index is 5.66. The fourth-order valence-corrected chi connectivity index (χ4v) is 4.73. The predicted octanol–water partition coefficient (Wildman–Crippen LogP) is 5.95. The molecular formula is C21H25N3OS. The van der Waals surface area contributed by atoms with Gasteiger partial charge in [0.15, 0.2) is 5.16 Å². The molecule has 0 atom stereocenters. The molecule has 26 heavy (non-hydrogen) atoms. The van der Waals surface area contributed by atoms with Gasteiger partial charge >= 0.3 is 0 Å². The molecule has 0 unspecified atom stereocenters. The lowest BCUT2D eigenvalue weighted by Gasteiger charge is -2.25. The molecule has 0 amide bonds. The van der Waals surface area contributed by atoms with E-state index in [4.69, 9.17) is 9.40 Å². The summed E-state index contributed by atoms with van der Waals surface area (Å²) in [5, 5.41) is 1.12. The number of oxazole rings is 1. The summed E-state index contributed by atoms with van der Waals surface area (Å²) in [5.74, 6) is 1.46. The number of aryl methyl sites for hydroxylation is 1. The zero-order valence-corrected chi connectivity index (χ0v) is 16.3. The van der Waals surface area contributed by atoms with Gasteiger partial charge in [-0.2, -0.15) is 0 Å². The summed E-state index contributed by atoms with van der Waals surface area (Å²) in [6.45, 7) is 4.31. The van der Waals surface area contributed by atoms with Crippen LogP contribution in [0.25, 0.3) is 11.5 Å². The second-order valence-electron chi connectivity index (χ2n) is 7.03. The summed E-state index contributed by atoms with van der Waals surface area (Å²) in [6, 6.07) is 10.6. The molecule has 0 spiro atoms. The standard InChI is InChI=1S/C21H25N3OS/c1-15-16(2)24(19-11-7-4-8-12-19)21(22-15)26-14-18-13-25-20(23-18)17-9-5-3-6-10-17/h3,5-6,9-10,13,19H,4,7-8,11-12,14H2,1-2H3. The van der Waals surface area contributed by atoms with Gasteiger partial charge in [0.05, 0.1) is 11.4 Å². The number of hydrogen-bond acceptors (Lipinski definition) is 4. The maximum atomic E-state index is 5.66. The highest BCUT2D eigenvalue weighted by Gasteiger charge is 2.22. The Balaban J connectivity index is 1.50. The molecule has 1 fully saturated rings. The van der Waals surface area contributed by atoms with E-state index >= 15 is 0 Å². The van der Waals surface area contributed by atoms with Gasteiger partial charge in [0.1, 0.15) is 6.26 Å². The molecule has 3 aromatic rings. The van der Waals surface area contributed by atoms with Gasteiger partial charge in [0, 0.05) is 23.1 Å². The number of rotatable bonds is 5. The number of benzene rings is 1. The van der Waals surface area contributed by atoms with Crippen molar-refractivity contribution < 1.29 is 4.42 Å². The molecule has 0 N–H and O–H groups in total. The van der Waals surface area contributed by atoms with Crippen molar-refractivity contribution in [2.75, 3.05) is 0 Å². The van der Waals surface area contributed by atoms with Crippen LogP contribution in [0.5, 0.6) is 0 Å². The van der Waals surface area contributed by atoms with E-state index in [1.807, 2.05) is 30.3 Å². The highest BCUT2D eigenvalue weighted by atomic mass is 32.2. The van der Waals surface area contributed by atoms with E-state index in [0.717, 1.165) is 27.9 Å². The Morgan fingerprint density at radius 3 is 2.62 bits per heavy atom. The average molecular weight is 368 g/mol. The van der Waals surface area contributed by atoms with Crippen molar-refractivity contribution >= 4 is 11.8 Å². The first kappa shape index (κ1) is 17.4. The summed E-state index contributed by atoms with van der Waals surface area (Å²) in [5.41, 5.74) is 4.43. The van der Waals surface area contributed by atoms with Gasteiger partial charge in [0.2, 0.25) is 5.89 Å². The van der Waals surface area contributed by atoms with Crippen LogP contribution in [0.2, 0.25) is 0 Å². The van der Waals surface area contributed by atoms with Gasteiger partial charge in [-0.1, -0.05) is 49.2 Å². The minimum atomic E-state index is 0.602. The first-order valence-corrected chi connectivity index (χ1v) is 10.4. The van der Waals surface area contributed by atoms with Crippen LogP contribution < -0.4 is 0 Å². The van der Waals surface area contributed by atoms with Crippen molar-refractivity contribution in [3.63, 3.8) is 0 Å². The van der Waals surface area contributed by atoms with Gasteiger partial charge in [-0.25, -0.2) is 9.97 Å². The van der Waals surface area contributed by atoms with Gasteiger partial charge in [-0.3, -0.25) is 0 Å². The van der Waals surface area contributed by atoms with Gasteiger partial charge in [-0.05, 0) is 38.8 Å². The van der Waals surface area contributed by atoms with Gasteiger partial charge < -0.3 is 8.98 Å². The van der Waals surface area contributed by atoms with E-state index in [1.54, 1.807) is 18.0 Å². The van der Waals surface area contributed by atoms with E-state index in [1.165, 1.54) is 37.8 Å². The lowest BCUT2D eigenvalue weighted by atomic mass is 9.95. The van der Waals surface area contributed by atoms with E-state index in [9.17, 15) is 0 Å². The molecule has 0 bridgehead atoms. The summed E-state index contributed by atoms with van der Waals surface area (Å²) < 4.78 is 8.13. The van der Waals surface area contributed by atoms with Crippen molar-refractivity contribution in [1.82, 2.24) is 14.5 Å². The third-order valence-corrected chi connectivity index (χ3v) is 6.20. The summed E-state index contributed by atoms with van der Waals surface area (Å²) in [7, 11) is 0. The highest BCUT2D eigenvalue weighted by molar-refractivity contribution is 7.98. The molecule has 5 heteroatoms. The summed E-state index contributed by atoms with van der Waals surface area (Å²) >= 11 is 1.77. The van der Waals surface area contributed by atoms with Crippen LogP contribution in [0.3, 0.4) is 0 Å². The van der Waals surface area contributed by atoms with Crippen LogP contribution in [0.1, 0.15) is 55.2 Å². The van der Waals surface area contributed by atoms with Crippen molar-refractivity contribution in [2.24, 2.45) is 0 Å². The van der Waals surface area contributed by atoms with Crippen LogP contribution in [0.15, 0.2) is 46.2 Å². The summed E-state index contributed by atoms with van der Waals surface area (Å²) in [4.78, 5) is 9.48. The van der Waals surface area contributed by atoms with Crippen LogP contribution in [-0.2, 0) is 5.75 Å². The molecule has 2 heterocycles. The number of thioether (sulfide) groups is 1. The summed E-state index contributed by atoms with van der Waals surface area (Å²) in [6.07, 6.45) is 8.33. The number of hydrogen-bond donors (Lipinski definition) is 0. The minimum absolute atomic E-state index is 0.602. The van der Waals surface area contributed by atoms with Crippen LogP contribution in [-0.4, -0.2) is 14.5 Å². The van der Waals surface area contributed by atoms with E-state index < -0.39 is 0 Å². The Bertz CT molecular complexity index is 863. The molecule has 4 rings (SSSR count). The Hall–Kier alpha value is -2.01.